The number of nitro groups is 1. The maximum atomic E-state index is 12.7. The summed E-state index contributed by atoms with van der Waals surface area (Å²) >= 11 is 0. The van der Waals surface area contributed by atoms with Gasteiger partial charge in [0.15, 0.2) is 0 Å². The largest absolute Gasteiger partial charge is 0.416 e. The number of hydrogen-bond donors (Lipinski definition) is 1. The Morgan fingerprint density at radius 3 is 2.40 bits per heavy atom. The average Bonchev–Trinajstić information content (AvgIpc) is 2.38. The highest BCUT2D eigenvalue weighted by Gasteiger charge is 2.30. The second-order valence-electron chi connectivity index (χ2n) is 4.11. The van der Waals surface area contributed by atoms with E-state index in [1.54, 1.807) is 0 Å². The molecule has 20 heavy (non-hydrogen) atoms. The molecule has 0 fully saturated rings. The second-order valence-corrected chi connectivity index (χ2v) is 4.11. The van der Waals surface area contributed by atoms with Gasteiger partial charge in [0.25, 0.3) is 5.69 Å². The third-order valence-corrected chi connectivity index (χ3v) is 2.75. The number of nitrogens with zero attached hydrogens (tertiary/aromatic N) is 1. The summed E-state index contributed by atoms with van der Waals surface area (Å²) in [5.41, 5.74) is 5.17. The van der Waals surface area contributed by atoms with Crippen molar-refractivity contribution in [3.63, 3.8) is 0 Å². The molecule has 0 atom stereocenters. The molecule has 7 heteroatoms. The molecule has 0 saturated heterocycles. The molecule has 0 bridgehead atoms. The summed E-state index contributed by atoms with van der Waals surface area (Å²) in [6.45, 7) is 0. The van der Waals surface area contributed by atoms with Crippen LogP contribution in [0.25, 0.3) is 11.1 Å². The Kier molecular flexibility index (Phi) is 3.35. The van der Waals surface area contributed by atoms with Crippen molar-refractivity contribution in [2.45, 2.75) is 6.18 Å². The standard InChI is InChI=1S/C13H9F3N2O2/c14-13(15,16)9-3-1-2-8(6-9)11-7-10(18(19)20)4-5-12(11)17/h1-7H,17H2. The molecule has 0 aliphatic heterocycles. The SMILES string of the molecule is Nc1ccc([N+](=O)[O-])cc1-c1cccc(C(F)(F)F)c1. The Morgan fingerprint density at radius 1 is 1.10 bits per heavy atom. The Labute approximate surface area is 111 Å². The maximum absolute atomic E-state index is 12.7. The summed E-state index contributed by atoms with van der Waals surface area (Å²) in [5, 5.41) is 10.7. The fourth-order valence-corrected chi connectivity index (χ4v) is 1.77. The summed E-state index contributed by atoms with van der Waals surface area (Å²) in [6, 6.07) is 8.15. The Balaban J connectivity index is 2.57. The van der Waals surface area contributed by atoms with Crippen molar-refractivity contribution in [3.05, 3.63) is 58.1 Å². The van der Waals surface area contributed by atoms with Crippen LogP contribution in [-0.2, 0) is 6.18 Å². The molecule has 0 unspecified atom stereocenters. The van der Waals surface area contributed by atoms with Gasteiger partial charge in [-0.15, -0.1) is 0 Å². The molecule has 0 aromatic heterocycles. The van der Waals surface area contributed by atoms with Crippen LogP contribution in [0.15, 0.2) is 42.5 Å². The second kappa shape index (κ2) is 4.84. The summed E-state index contributed by atoms with van der Waals surface area (Å²) in [5.74, 6) is 0. The number of alkyl halides is 3. The predicted molar refractivity (Wildman–Crippen MR) is 67.9 cm³/mol. The van der Waals surface area contributed by atoms with Gasteiger partial charge < -0.3 is 5.73 Å². The molecule has 2 N–H and O–H groups in total. The number of nitro benzene ring substituents is 1. The lowest BCUT2D eigenvalue weighted by Gasteiger charge is -2.10. The lowest BCUT2D eigenvalue weighted by atomic mass is 10.0. The van der Waals surface area contributed by atoms with Crippen molar-refractivity contribution in [1.82, 2.24) is 0 Å². The molecule has 4 nitrogen and oxygen atoms in total. The van der Waals surface area contributed by atoms with E-state index in [1.807, 2.05) is 0 Å². The van der Waals surface area contributed by atoms with Crippen LogP contribution in [0.1, 0.15) is 5.56 Å². The Morgan fingerprint density at radius 2 is 1.80 bits per heavy atom. The van der Waals surface area contributed by atoms with Gasteiger partial charge in [0.05, 0.1) is 10.5 Å². The smallest absolute Gasteiger partial charge is 0.398 e. The van der Waals surface area contributed by atoms with Gasteiger partial charge in [-0.2, -0.15) is 13.2 Å². The van der Waals surface area contributed by atoms with Crippen LogP contribution in [0.3, 0.4) is 0 Å². The highest BCUT2D eigenvalue weighted by Crippen LogP contribution is 2.35. The van der Waals surface area contributed by atoms with E-state index in [-0.39, 0.29) is 22.5 Å². The van der Waals surface area contributed by atoms with Gasteiger partial charge in [-0.1, -0.05) is 12.1 Å². The van der Waals surface area contributed by atoms with Crippen LogP contribution in [0.5, 0.6) is 0 Å². The highest BCUT2D eigenvalue weighted by molar-refractivity contribution is 5.78. The predicted octanol–water partition coefficient (Wildman–Crippen LogP) is 3.86. The van der Waals surface area contributed by atoms with E-state index in [0.717, 1.165) is 18.2 Å². The minimum Gasteiger partial charge on any atom is -0.398 e. The van der Waals surface area contributed by atoms with Gasteiger partial charge in [0, 0.05) is 23.4 Å². The molecule has 0 saturated carbocycles. The van der Waals surface area contributed by atoms with Crippen LogP contribution in [0.2, 0.25) is 0 Å². The van der Waals surface area contributed by atoms with Crippen LogP contribution in [0.4, 0.5) is 24.5 Å². The first-order valence-corrected chi connectivity index (χ1v) is 5.50. The van der Waals surface area contributed by atoms with Crippen molar-refractivity contribution >= 4 is 11.4 Å². The molecule has 0 aliphatic rings. The van der Waals surface area contributed by atoms with E-state index >= 15 is 0 Å². The lowest BCUT2D eigenvalue weighted by molar-refractivity contribution is -0.384. The number of hydrogen-bond acceptors (Lipinski definition) is 3. The Hall–Kier alpha value is -2.57. The molecule has 2 aromatic rings. The molecule has 0 radical (unpaired) electrons. The topological polar surface area (TPSA) is 69.2 Å². The number of nitrogen functional groups attached to an aromatic ring is 1. The quantitative estimate of drug-likeness (QED) is 0.516. The highest BCUT2D eigenvalue weighted by atomic mass is 19.4. The van der Waals surface area contributed by atoms with Gasteiger partial charge in [-0.05, 0) is 23.8 Å². The fraction of sp³-hybridized carbons (Fsp3) is 0.0769. The van der Waals surface area contributed by atoms with E-state index < -0.39 is 16.7 Å². The number of nitrogens with two attached hydrogens (primary N) is 1. The van der Waals surface area contributed by atoms with Crippen molar-refractivity contribution in [2.24, 2.45) is 0 Å². The molecule has 0 heterocycles. The first kappa shape index (κ1) is 13.9. The van der Waals surface area contributed by atoms with Gasteiger partial charge in [0.2, 0.25) is 0 Å². The summed E-state index contributed by atoms with van der Waals surface area (Å²) in [6.07, 6.45) is -4.48. The van der Waals surface area contributed by atoms with Crippen molar-refractivity contribution in [2.75, 3.05) is 5.73 Å². The van der Waals surface area contributed by atoms with Crippen LogP contribution < -0.4 is 5.73 Å². The van der Waals surface area contributed by atoms with Crippen molar-refractivity contribution in [3.8, 4) is 11.1 Å². The fourth-order valence-electron chi connectivity index (χ4n) is 1.77. The minimum absolute atomic E-state index is 0.176. The van der Waals surface area contributed by atoms with Gasteiger partial charge in [-0.3, -0.25) is 10.1 Å². The summed E-state index contributed by atoms with van der Waals surface area (Å²) < 4.78 is 38.0. The third-order valence-electron chi connectivity index (χ3n) is 2.75. The molecule has 0 amide bonds. The number of benzene rings is 2. The van der Waals surface area contributed by atoms with Crippen molar-refractivity contribution in [1.29, 1.82) is 0 Å². The minimum atomic E-state index is -4.48. The zero-order valence-corrected chi connectivity index (χ0v) is 10.0. The van der Waals surface area contributed by atoms with Crippen LogP contribution in [-0.4, -0.2) is 4.92 Å². The lowest BCUT2D eigenvalue weighted by Crippen LogP contribution is -2.04. The zero-order chi connectivity index (χ0) is 14.9. The molecule has 104 valence electrons. The summed E-state index contributed by atoms with van der Waals surface area (Å²) in [7, 11) is 0. The molecule has 2 rings (SSSR count). The Bertz CT molecular complexity index is 669. The van der Waals surface area contributed by atoms with Crippen LogP contribution in [0, 0.1) is 10.1 Å². The van der Waals surface area contributed by atoms with E-state index in [2.05, 4.69) is 0 Å². The van der Waals surface area contributed by atoms with Crippen LogP contribution >= 0.6 is 0 Å². The average molecular weight is 282 g/mol. The van der Waals surface area contributed by atoms with Gasteiger partial charge in [-0.25, -0.2) is 0 Å². The summed E-state index contributed by atoms with van der Waals surface area (Å²) in [4.78, 5) is 10.1. The van der Waals surface area contributed by atoms with E-state index in [1.165, 1.54) is 24.3 Å². The van der Waals surface area contributed by atoms with Crippen molar-refractivity contribution < 1.29 is 18.1 Å². The van der Waals surface area contributed by atoms with Gasteiger partial charge in [0.1, 0.15) is 0 Å². The number of halogens is 3. The number of rotatable bonds is 2. The molecule has 0 spiro atoms. The molecular weight excluding hydrogens is 273 g/mol. The zero-order valence-electron chi connectivity index (χ0n) is 10.0. The molecule has 0 aliphatic carbocycles. The first-order valence-electron chi connectivity index (χ1n) is 5.50. The first-order chi connectivity index (χ1) is 9.29. The monoisotopic (exact) mass is 282 g/mol. The molecule has 2 aromatic carbocycles. The number of non-ortho nitro benzene ring substituents is 1. The normalized spacial score (nSPS) is 11.3. The maximum Gasteiger partial charge on any atom is 0.416 e. The van der Waals surface area contributed by atoms with Gasteiger partial charge >= 0.3 is 6.18 Å². The van der Waals surface area contributed by atoms with E-state index in [0.29, 0.717) is 0 Å². The van der Waals surface area contributed by atoms with E-state index in [9.17, 15) is 23.3 Å². The molecular formula is C13H9F3N2O2. The number of anilines is 1. The third kappa shape index (κ3) is 2.71. The van der Waals surface area contributed by atoms with E-state index in [4.69, 9.17) is 5.73 Å².